The molecule has 0 bridgehead atoms. The number of hydrogen-bond acceptors (Lipinski definition) is 7. The first-order chi connectivity index (χ1) is 25.6. The first-order valence-electron chi connectivity index (χ1n) is 19.1. The number of rotatable bonds is 13. The molecule has 4 aromatic rings. The first kappa shape index (κ1) is 36.4. The summed E-state index contributed by atoms with van der Waals surface area (Å²) in [5.74, 6) is -0.447. The predicted octanol–water partition coefficient (Wildman–Crippen LogP) is 7.96. The molecule has 1 aliphatic heterocycles. The van der Waals surface area contributed by atoms with Crippen LogP contribution in [0.4, 0.5) is 11.4 Å². The molecule has 3 fully saturated rings. The van der Waals surface area contributed by atoms with Crippen LogP contribution in [0.3, 0.4) is 0 Å². The highest BCUT2D eigenvalue weighted by Gasteiger charge is 2.32. The van der Waals surface area contributed by atoms with E-state index in [9.17, 15) is 19.5 Å². The number of aliphatic carboxylic acids is 1. The van der Waals surface area contributed by atoms with E-state index in [0.29, 0.717) is 53.6 Å². The van der Waals surface area contributed by atoms with Crippen LogP contribution in [0.2, 0.25) is 0 Å². The molecule has 2 aliphatic carbocycles. The molecule has 1 atom stereocenters. The van der Waals surface area contributed by atoms with Crippen molar-refractivity contribution in [3.63, 3.8) is 0 Å². The molecule has 3 heterocycles. The van der Waals surface area contributed by atoms with Crippen molar-refractivity contribution in [1.82, 2.24) is 20.2 Å². The Morgan fingerprint density at radius 3 is 1.81 bits per heavy atom. The Morgan fingerprint density at radius 2 is 1.30 bits per heavy atom. The highest BCUT2D eigenvalue weighted by atomic mass is 16.4. The largest absolute Gasteiger partial charge is 0.480 e. The van der Waals surface area contributed by atoms with Gasteiger partial charge in [-0.15, -0.1) is 0 Å². The van der Waals surface area contributed by atoms with Crippen LogP contribution in [-0.4, -0.2) is 56.4 Å². The van der Waals surface area contributed by atoms with Gasteiger partial charge in [-0.05, 0) is 140 Å². The fourth-order valence-corrected chi connectivity index (χ4v) is 7.57. The number of nitrogens with one attached hydrogen (secondary N) is 3. The minimum absolute atomic E-state index is 0.241. The molecule has 276 valence electrons. The molecule has 0 spiro atoms. The van der Waals surface area contributed by atoms with Crippen LogP contribution in [0.25, 0.3) is 11.1 Å². The van der Waals surface area contributed by atoms with E-state index in [-0.39, 0.29) is 11.8 Å². The fraction of sp³-hybridized carbons (Fsp3) is 0.419. The summed E-state index contributed by atoms with van der Waals surface area (Å²) < 4.78 is 0. The normalized spacial score (nSPS) is 17.5. The number of piperidine rings is 1. The number of carboxylic acid groups (broad SMARTS) is 1. The quantitative estimate of drug-likeness (QED) is 0.110. The fourth-order valence-electron chi connectivity index (χ4n) is 7.57. The summed E-state index contributed by atoms with van der Waals surface area (Å²) in [5, 5.41) is 19.5. The monoisotopic (exact) mass is 714 g/mol. The number of likely N-dealkylation sites (tertiary alicyclic amines) is 1. The van der Waals surface area contributed by atoms with Crippen molar-refractivity contribution in [2.45, 2.75) is 110 Å². The number of nitrogens with zero attached hydrogens (tertiary/aromatic N) is 3. The number of aromatic nitrogens is 2. The van der Waals surface area contributed by atoms with Crippen LogP contribution >= 0.6 is 0 Å². The lowest BCUT2D eigenvalue weighted by atomic mass is 9.94. The number of carbonyl (C=O) groups is 3. The molecule has 2 aromatic carbocycles. The van der Waals surface area contributed by atoms with Crippen molar-refractivity contribution in [2.24, 2.45) is 0 Å². The number of benzene rings is 2. The van der Waals surface area contributed by atoms with Crippen LogP contribution in [0, 0.1) is 13.8 Å². The summed E-state index contributed by atoms with van der Waals surface area (Å²) >= 11 is 0. The number of anilines is 2. The lowest BCUT2D eigenvalue weighted by Crippen LogP contribution is -2.44. The molecule has 4 N–H and O–H groups in total. The van der Waals surface area contributed by atoms with Crippen molar-refractivity contribution in [3.8, 4) is 11.1 Å². The van der Waals surface area contributed by atoms with E-state index < -0.39 is 12.0 Å². The predicted molar refractivity (Wildman–Crippen MR) is 207 cm³/mol. The third kappa shape index (κ3) is 8.34. The number of carbonyl (C=O) groups excluding carboxylic acids is 2. The van der Waals surface area contributed by atoms with E-state index in [1.54, 1.807) is 6.20 Å². The maximum atomic E-state index is 13.7. The van der Waals surface area contributed by atoms with Gasteiger partial charge in [0, 0.05) is 42.9 Å². The van der Waals surface area contributed by atoms with Gasteiger partial charge in [-0.25, -0.2) is 0 Å². The minimum atomic E-state index is -0.776. The first-order valence-corrected chi connectivity index (χ1v) is 19.1. The summed E-state index contributed by atoms with van der Waals surface area (Å²) in [4.78, 5) is 50.3. The van der Waals surface area contributed by atoms with Crippen LogP contribution in [0.15, 0.2) is 60.9 Å². The van der Waals surface area contributed by atoms with E-state index in [0.717, 1.165) is 90.6 Å². The molecule has 1 saturated heterocycles. The van der Waals surface area contributed by atoms with Crippen molar-refractivity contribution in [3.05, 3.63) is 106 Å². The van der Waals surface area contributed by atoms with Gasteiger partial charge in [0.1, 0.15) is 17.4 Å². The topological polar surface area (TPSA) is 137 Å². The second-order valence-corrected chi connectivity index (χ2v) is 15.3. The molecular weight excluding hydrogens is 665 g/mol. The average molecular weight is 715 g/mol. The Labute approximate surface area is 311 Å². The highest BCUT2D eigenvalue weighted by Crippen LogP contribution is 2.43. The van der Waals surface area contributed by atoms with Crippen LogP contribution in [0.5, 0.6) is 0 Å². The minimum Gasteiger partial charge on any atom is -0.480 e. The zero-order valence-electron chi connectivity index (χ0n) is 31.2. The molecule has 2 aromatic heterocycles. The summed E-state index contributed by atoms with van der Waals surface area (Å²) in [6, 6.07) is 15.4. The Morgan fingerprint density at radius 1 is 0.774 bits per heavy atom. The van der Waals surface area contributed by atoms with Gasteiger partial charge in [-0.3, -0.25) is 29.3 Å². The Balaban J connectivity index is 1.07. The summed E-state index contributed by atoms with van der Waals surface area (Å²) in [7, 11) is 0. The van der Waals surface area contributed by atoms with Gasteiger partial charge in [0.15, 0.2) is 0 Å². The van der Waals surface area contributed by atoms with Crippen molar-refractivity contribution in [2.75, 3.05) is 17.2 Å². The zero-order chi connectivity index (χ0) is 37.2. The van der Waals surface area contributed by atoms with E-state index in [1.807, 2.05) is 73.5 Å². The highest BCUT2D eigenvalue weighted by molar-refractivity contribution is 6.05. The molecule has 7 rings (SSSR count). The molecule has 0 unspecified atom stereocenters. The lowest BCUT2D eigenvalue weighted by molar-refractivity contribution is -0.144. The molecular formula is C43H50N6O4. The van der Waals surface area contributed by atoms with Crippen LogP contribution in [0.1, 0.15) is 125 Å². The Hall–Kier alpha value is -4.93. The van der Waals surface area contributed by atoms with Crippen LogP contribution in [-0.2, 0) is 17.9 Å². The molecule has 10 nitrogen and oxygen atoms in total. The van der Waals surface area contributed by atoms with Gasteiger partial charge in [0.05, 0.1) is 0 Å². The zero-order valence-corrected chi connectivity index (χ0v) is 31.2. The van der Waals surface area contributed by atoms with Gasteiger partial charge in [-0.1, -0.05) is 44.5 Å². The summed E-state index contributed by atoms with van der Waals surface area (Å²) in [6.07, 6.45) is 10.6. The summed E-state index contributed by atoms with van der Waals surface area (Å²) in [6.45, 7) is 10.2. The smallest absolute Gasteiger partial charge is 0.320 e. The van der Waals surface area contributed by atoms with Crippen molar-refractivity contribution < 1.29 is 19.5 Å². The van der Waals surface area contributed by atoms with Gasteiger partial charge in [0.2, 0.25) is 0 Å². The number of carboxylic acids is 1. The summed E-state index contributed by atoms with van der Waals surface area (Å²) in [5.41, 5.74) is 10.3. The Bertz CT molecular complexity index is 2040. The van der Waals surface area contributed by atoms with Crippen LogP contribution < -0.4 is 16.0 Å². The molecule has 2 saturated carbocycles. The lowest BCUT2D eigenvalue weighted by Gasteiger charge is -2.33. The number of amides is 2. The number of pyridine rings is 2. The second-order valence-electron chi connectivity index (χ2n) is 15.3. The maximum absolute atomic E-state index is 13.7. The average Bonchev–Trinajstić information content (AvgIpc) is 4.08. The second kappa shape index (κ2) is 15.6. The number of hydrogen-bond donors (Lipinski definition) is 4. The van der Waals surface area contributed by atoms with Crippen molar-refractivity contribution in [1.29, 1.82) is 0 Å². The third-order valence-corrected chi connectivity index (χ3v) is 11.0. The van der Waals surface area contributed by atoms with E-state index in [4.69, 9.17) is 0 Å². The SMILES string of the molecule is Cc1c(NC(=O)c2cc(C3CC3)c(CNC(C)C)cn2)cccc1-c1cccc(NC(=O)c2cc(C3CC3)c(CN3CCCC[C@H]3C(=O)O)cn2)c1C. The van der Waals surface area contributed by atoms with E-state index in [1.165, 1.54) is 5.56 Å². The molecule has 2 amide bonds. The van der Waals surface area contributed by atoms with Crippen molar-refractivity contribution >= 4 is 29.2 Å². The molecule has 10 heteroatoms. The van der Waals surface area contributed by atoms with Gasteiger partial charge < -0.3 is 21.1 Å². The standard InChI is InChI=1S/C43H50N6O4/c1-25(2)44-21-30-22-45-38(19-34(30)28-14-15-28)41(50)47-36-11-7-9-32(26(36)3)33-10-8-12-37(27(33)4)48-42(51)39-20-35(29-16-17-29)31(23-46-39)24-49-18-6-5-13-40(49)43(52)53/h7-12,19-20,22-23,25,28-29,40,44H,5-6,13-18,21,24H2,1-4H3,(H,47,50)(H,48,51)(H,52,53)/t40-/m0/s1. The molecule has 3 aliphatic rings. The molecule has 53 heavy (non-hydrogen) atoms. The van der Waals surface area contributed by atoms with E-state index in [2.05, 4.69) is 39.8 Å². The van der Waals surface area contributed by atoms with E-state index >= 15 is 0 Å². The van der Waals surface area contributed by atoms with Gasteiger partial charge >= 0.3 is 5.97 Å². The van der Waals surface area contributed by atoms with Gasteiger partial charge in [-0.2, -0.15) is 0 Å². The maximum Gasteiger partial charge on any atom is 0.320 e. The Kier molecular flexibility index (Phi) is 10.7. The molecule has 0 radical (unpaired) electrons. The van der Waals surface area contributed by atoms with Gasteiger partial charge in [0.25, 0.3) is 11.8 Å². The third-order valence-electron chi connectivity index (χ3n) is 11.0.